The van der Waals surface area contributed by atoms with Crippen LogP contribution in [0.5, 0.6) is 11.5 Å². The van der Waals surface area contributed by atoms with Crippen molar-refractivity contribution in [3.05, 3.63) is 85.8 Å². The number of hydrogen-bond acceptors (Lipinski definition) is 10. The first-order chi connectivity index (χ1) is 20.4. The molecule has 13 heteroatoms. The third-order valence-electron chi connectivity index (χ3n) is 6.25. The number of aryl methyl sites for hydroxylation is 1. The summed E-state index contributed by atoms with van der Waals surface area (Å²) in [7, 11) is 1.58. The molecule has 2 N–H and O–H groups in total. The Balaban J connectivity index is 1.31. The molecular formula is C29H28BrCl2N7O3. The standard InChI is InChI=1S/C29H28BrCl2N7O3/c1-18-3-7-24(22(30)13-18)34-27-35-28(37-29(36-27)39-9-11-41-12-10-39)38-33-16-19-4-8-25(26(14-19)40-2)42-17-20-5-6-21(31)15-23(20)32/h3-8,13-16H,9-12,17H2,1-2H3,(H2,34,35,36,37,38). The van der Waals surface area contributed by atoms with E-state index >= 15 is 0 Å². The molecule has 0 saturated carbocycles. The molecular weight excluding hydrogens is 645 g/mol. The van der Waals surface area contributed by atoms with E-state index in [1.165, 1.54) is 0 Å². The zero-order valence-corrected chi connectivity index (χ0v) is 26.0. The number of methoxy groups -OCH3 is 1. The first-order valence-electron chi connectivity index (χ1n) is 13.0. The fourth-order valence-electron chi connectivity index (χ4n) is 4.06. The molecule has 0 atom stereocenters. The van der Waals surface area contributed by atoms with Gasteiger partial charge in [-0.05, 0) is 76.4 Å². The molecule has 0 unspecified atom stereocenters. The van der Waals surface area contributed by atoms with Crippen LogP contribution in [-0.4, -0.2) is 54.6 Å². The van der Waals surface area contributed by atoms with E-state index in [0.29, 0.717) is 65.7 Å². The second-order valence-electron chi connectivity index (χ2n) is 9.30. The summed E-state index contributed by atoms with van der Waals surface area (Å²) in [6, 6.07) is 16.8. The zero-order valence-electron chi connectivity index (χ0n) is 22.9. The summed E-state index contributed by atoms with van der Waals surface area (Å²) in [4.78, 5) is 15.8. The van der Waals surface area contributed by atoms with Gasteiger partial charge >= 0.3 is 0 Å². The lowest BCUT2D eigenvalue weighted by Crippen LogP contribution is -2.37. The molecule has 0 aliphatic carbocycles. The van der Waals surface area contributed by atoms with E-state index in [9.17, 15) is 0 Å². The summed E-state index contributed by atoms with van der Waals surface area (Å²) in [5.74, 6) is 2.33. The van der Waals surface area contributed by atoms with Gasteiger partial charge < -0.3 is 24.4 Å². The Hall–Kier alpha value is -3.64. The average molecular weight is 673 g/mol. The van der Waals surface area contributed by atoms with Crippen LogP contribution in [0.15, 0.2) is 64.2 Å². The van der Waals surface area contributed by atoms with Gasteiger partial charge in [-0.15, -0.1) is 0 Å². The van der Waals surface area contributed by atoms with Crippen LogP contribution in [0.1, 0.15) is 16.7 Å². The summed E-state index contributed by atoms with van der Waals surface area (Å²) in [6.07, 6.45) is 1.64. The van der Waals surface area contributed by atoms with Crippen molar-refractivity contribution < 1.29 is 14.2 Å². The van der Waals surface area contributed by atoms with E-state index in [4.69, 9.17) is 37.4 Å². The molecule has 10 nitrogen and oxygen atoms in total. The van der Waals surface area contributed by atoms with Crippen LogP contribution in [0.4, 0.5) is 23.5 Å². The van der Waals surface area contributed by atoms with E-state index in [1.807, 2.05) is 49.4 Å². The van der Waals surface area contributed by atoms with E-state index < -0.39 is 0 Å². The smallest absolute Gasteiger partial charge is 0.250 e. The van der Waals surface area contributed by atoms with Crippen molar-refractivity contribution in [1.82, 2.24) is 15.0 Å². The van der Waals surface area contributed by atoms with Crippen molar-refractivity contribution in [1.29, 1.82) is 0 Å². The Bertz CT molecular complexity index is 1590. The number of aromatic nitrogens is 3. The van der Waals surface area contributed by atoms with Gasteiger partial charge in [-0.2, -0.15) is 20.1 Å². The fraction of sp³-hybridized carbons (Fsp3) is 0.241. The van der Waals surface area contributed by atoms with Crippen LogP contribution in [0.2, 0.25) is 10.0 Å². The molecule has 0 amide bonds. The first kappa shape index (κ1) is 29.8. The van der Waals surface area contributed by atoms with Crippen molar-refractivity contribution in [2.45, 2.75) is 13.5 Å². The molecule has 218 valence electrons. The monoisotopic (exact) mass is 671 g/mol. The maximum atomic E-state index is 6.27. The highest BCUT2D eigenvalue weighted by molar-refractivity contribution is 9.10. The van der Waals surface area contributed by atoms with Crippen LogP contribution in [0.25, 0.3) is 0 Å². The number of halogens is 3. The molecule has 0 radical (unpaired) electrons. The van der Waals surface area contributed by atoms with Crippen LogP contribution in [0.3, 0.4) is 0 Å². The lowest BCUT2D eigenvalue weighted by Gasteiger charge is -2.27. The molecule has 4 aromatic rings. The molecule has 0 spiro atoms. The molecule has 1 aliphatic heterocycles. The largest absolute Gasteiger partial charge is 0.493 e. The minimum Gasteiger partial charge on any atom is -0.493 e. The number of hydrazone groups is 1. The predicted molar refractivity (Wildman–Crippen MR) is 170 cm³/mol. The number of anilines is 4. The first-order valence-corrected chi connectivity index (χ1v) is 14.6. The number of ether oxygens (including phenoxy) is 3. The number of rotatable bonds is 10. The Morgan fingerprint density at radius 2 is 1.81 bits per heavy atom. The minimum atomic E-state index is 0.266. The highest BCUT2D eigenvalue weighted by atomic mass is 79.9. The van der Waals surface area contributed by atoms with Gasteiger partial charge in [0, 0.05) is 33.2 Å². The molecule has 1 fully saturated rings. The molecule has 1 aromatic heterocycles. The number of benzene rings is 3. The van der Waals surface area contributed by atoms with E-state index in [-0.39, 0.29) is 6.61 Å². The number of morpholine rings is 1. The lowest BCUT2D eigenvalue weighted by atomic mass is 10.2. The Labute approximate surface area is 262 Å². The van der Waals surface area contributed by atoms with Gasteiger partial charge in [-0.3, -0.25) is 0 Å². The molecule has 1 saturated heterocycles. The summed E-state index contributed by atoms with van der Waals surface area (Å²) < 4.78 is 17.9. The molecule has 5 rings (SSSR count). The van der Waals surface area contributed by atoms with Crippen molar-refractivity contribution in [3.63, 3.8) is 0 Å². The van der Waals surface area contributed by atoms with Crippen LogP contribution in [0, 0.1) is 6.92 Å². The van der Waals surface area contributed by atoms with Gasteiger partial charge in [0.25, 0.3) is 0 Å². The van der Waals surface area contributed by atoms with Crippen molar-refractivity contribution in [2.24, 2.45) is 5.10 Å². The average Bonchev–Trinajstić information content (AvgIpc) is 2.99. The quantitative estimate of drug-likeness (QED) is 0.138. The number of nitrogens with zero attached hydrogens (tertiary/aromatic N) is 5. The number of nitrogens with one attached hydrogen (secondary N) is 2. The van der Waals surface area contributed by atoms with Gasteiger partial charge in [0.2, 0.25) is 17.8 Å². The minimum absolute atomic E-state index is 0.266. The highest BCUT2D eigenvalue weighted by Crippen LogP contribution is 2.30. The normalized spacial score (nSPS) is 13.3. The maximum Gasteiger partial charge on any atom is 0.250 e. The lowest BCUT2D eigenvalue weighted by molar-refractivity contribution is 0.122. The van der Waals surface area contributed by atoms with Crippen molar-refractivity contribution in [3.8, 4) is 11.5 Å². The van der Waals surface area contributed by atoms with E-state index in [0.717, 1.165) is 26.9 Å². The molecule has 2 heterocycles. The molecule has 1 aliphatic rings. The fourth-order valence-corrected chi connectivity index (χ4v) is 5.12. The number of hydrogen-bond donors (Lipinski definition) is 2. The van der Waals surface area contributed by atoms with Gasteiger partial charge in [-0.1, -0.05) is 35.3 Å². The van der Waals surface area contributed by atoms with Crippen molar-refractivity contribution in [2.75, 3.05) is 49.1 Å². The highest BCUT2D eigenvalue weighted by Gasteiger charge is 2.17. The predicted octanol–water partition coefficient (Wildman–Crippen LogP) is 6.86. The van der Waals surface area contributed by atoms with Gasteiger partial charge in [-0.25, -0.2) is 5.43 Å². The van der Waals surface area contributed by atoms with Crippen LogP contribution in [-0.2, 0) is 11.3 Å². The van der Waals surface area contributed by atoms with Gasteiger partial charge in [0.1, 0.15) is 6.61 Å². The summed E-state index contributed by atoms with van der Waals surface area (Å²) in [6.45, 7) is 4.86. The molecule has 0 bridgehead atoms. The SMILES string of the molecule is COc1cc(C=NNc2nc(Nc3ccc(C)cc3Br)nc(N3CCOCC3)n2)ccc1OCc1ccc(Cl)cc1Cl. The molecule has 3 aromatic carbocycles. The second-order valence-corrected chi connectivity index (χ2v) is 11.0. The second kappa shape index (κ2) is 14.0. The maximum absolute atomic E-state index is 6.27. The van der Waals surface area contributed by atoms with Gasteiger partial charge in [0.15, 0.2) is 11.5 Å². The Morgan fingerprint density at radius 1 is 1.00 bits per heavy atom. The molecule has 42 heavy (non-hydrogen) atoms. The van der Waals surface area contributed by atoms with Gasteiger partial charge in [0.05, 0.1) is 32.2 Å². The van der Waals surface area contributed by atoms with Crippen molar-refractivity contribution >= 4 is 68.9 Å². The van der Waals surface area contributed by atoms with E-state index in [1.54, 1.807) is 25.5 Å². The van der Waals surface area contributed by atoms with Crippen LogP contribution >= 0.6 is 39.1 Å². The third kappa shape index (κ3) is 7.80. The van der Waals surface area contributed by atoms with E-state index in [2.05, 4.69) is 51.6 Å². The topological polar surface area (TPSA) is 106 Å². The summed E-state index contributed by atoms with van der Waals surface area (Å²) in [5.41, 5.74) is 6.50. The zero-order chi connectivity index (χ0) is 29.5. The third-order valence-corrected chi connectivity index (χ3v) is 7.50. The summed E-state index contributed by atoms with van der Waals surface area (Å²) >= 11 is 15.9. The Kier molecular flexibility index (Phi) is 9.96. The summed E-state index contributed by atoms with van der Waals surface area (Å²) in [5, 5.41) is 8.74. The Morgan fingerprint density at radius 3 is 2.57 bits per heavy atom. The van der Waals surface area contributed by atoms with Crippen LogP contribution < -0.4 is 25.1 Å².